The van der Waals surface area contributed by atoms with E-state index in [1.807, 2.05) is 12.1 Å². The van der Waals surface area contributed by atoms with Crippen LogP contribution in [0.25, 0.3) is 0 Å². The van der Waals surface area contributed by atoms with E-state index in [4.69, 9.17) is 9.47 Å². The smallest absolute Gasteiger partial charge is 0.208 e. The zero-order valence-electron chi connectivity index (χ0n) is 8.03. The van der Waals surface area contributed by atoms with Crippen molar-refractivity contribution in [3.63, 3.8) is 0 Å². The number of Topliss-reactive ketones (excluding diaryl/α,β-unsaturated/α-hetero) is 1. The van der Waals surface area contributed by atoms with Crippen LogP contribution in [0.5, 0.6) is 11.5 Å². The number of para-hydroxylation sites is 2. The second kappa shape index (κ2) is 3.18. The van der Waals surface area contributed by atoms with E-state index in [2.05, 4.69) is 0 Å². The van der Waals surface area contributed by atoms with Crippen LogP contribution in [0.2, 0.25) is 0 Å². The van der Waals surface area contributed by atoms with Gasteiger partial charge in [0.1, 0.15) is 5.76 Å². The van der Waals surface area contributed by atoms with Gasteiger partial charge in [-0.2, -0.15) is 0 Å². The van der Waals surface area contributed by atoms with Gasteiger partial charge in [-0.1, -0.05) is 12.1 Å². The maximum absolute atomic E-state index is 11.2. The first-order valence-corrected chi connectivity index (χ1v) is 4.35. The van der Waals surface area contributed by atoms with Gasteiger partial charge in [-0.05, 0) is 19.1 Å². The van der Waals surface area contributed by atoms with Gasteiger partial charge in [0.05, 0.1) is 0 Å². The van der Waals surface area contributed by atoms with E-state index >= 15 is 0 Å². The lowest BCUT2D eigenvalue weighted by Crippen LogP contribution is -2.15. The van der Waals surface area contributed by atoms with Gasteiger partial charge < -0.3 is 9.47 Å². The Balaban J connectivity index is 2.41. The molecule has 2 rings (SSSR count). The lowest BCUT2D eigenvalue weighted by molar-refractivity contribution is -0.116. The molecule has 3 heteroatoms. The molecular weight excluding hydrogens is 180 g/mol. The van der Waals surface area contributed by atoms with Crippen molar-refractivity contribution in [2.45, 2.75) is 13.8 Å². The standard InChI is InChI=1S/C11H10O3/c1-7(12)11-8(2)13-9-5-3-4-6-10(9)14-11/h3-6H,1-2H3. The van der Waals surface area contributed by atoms with Crippen LogP contribution in [0.1, 0.15) is 13.8 Å². The van der Waals surface area contributed by atoms with Crippen LogP contribution in [0.4, 0.5) is 0 Å². The Labute approximate surface area is 81.9 Å². The molecule has 0 atom stereocenters. The Kier molecular flexibility index (Phi) is 2.00. The van der Waals surface area contributed by atoms with Crippen LogP contribution < -0.4 is 9.47 Å². The molecule has 1 aliphatic heterocycles. The Bertz CT molecular complexity index is 418. The summed E-state index contributed by atoms with van der Waals surface area (Å²) in [5, 5.41) is 0. The number of fused-ring (bicyclic) bond motifs is 1. The third-order valence-electron chi connectivity index (χ3n) is 1.96. The Hall–Kier alpha value is -1.77. The quantitative estimate of drug-likeness (QED) is 0.681. The number of allylic oxidation sites excluding steroid dienone is 2. The molecule has 72 valence electrons. The molecule has 0 aliphatic carbocycles. The van der Waals surface area contributed by atoms with Gasteiger partial charge in [0, 0.05) is 6.92 Å². The number of ether oxygens (including phenoxy) is 2. The highest BCUT2D eigenvalue weighted by Crippen LogP contribution is 2.34. The molecule has 0 saturated heterocycles. The van der Waals surface area contributed by atoms with Gasteiger partial charge in [0.25, 0.3) is 0 Å². The molecule has 0 spiro atoms. The molecule has 0 fully saturated rings. The number of rotatable bonds is 1. The Morgan fingerprint density at radius 2 is 1.71 bits per heavy atom. The van der Waals surface area contributed by atoms with Gasteiger partial charge in [0.15, 0.2) is 17.3 Å². The predicted molar refractivity (Wildman–Crippen MR) is 51.1 cm³/mol. The van der Waals surface area contributed by atoms with Crippen LogP contribution >= 0.6 is 0 Å². The van der Waals surface area contributed by atoms with Gasteiger partial charge in [-0.25, -0.2) is 0 Å². The van der Waals surface area contributed by atoms with E-state index in [1.165, 1.54) is 6.92 Å². The van der Waals surface area contributed by atoms with Crippen LogP contribution in [-0.2, 0) is 4.79 Å². The van der Waals surface area contributed by atoms with E-state index in [9.17, 15) is 4.79 Å². The van der Waals surface area contributed by atoms with E-state index < -0.39 is 0 Å². The minimum Gasteiger partial charge on any atom is -0.454 e. The highest BCUT2D eigenvalue weighted by molar-refractivity contribution is 5.92. The highest BCUT2D eigenvalue weighted by atomic mass is 16.6. The Morgan fingerprint density at radius 3 is 2.29 bits per heavy atom. The fourth-order valence-corrected chi connectivity index (χ4v) is 1.33. The molecule has 0 radical (unpaired) electrons. The molecule has 14 heavy (non-hydrogen) atoms. The van der Waals surface area contributed by atoms with Crippen molar-refractivity contribution in [3.05, 3.63) is 35.8 Å². The fourth-order valence-electron chi connectivity index (χ4n) is 1.33. The molecule has 0 amide bonds. The van der Waals surface area contributed by atoms with Crippen molar-refractivity contribution >= 4 is 5.78 Å². The molecule has 1 aromatic rings. The van der Waals surface area contributed by atoms with Gasteiger partial charge in [-0.3, -0.25) is 4.79 Å². The summed E-state index contributed by atoms with van der Waals surface area (Å²) in [6.45, 7) is 3.17. The number of ketones is 1. The molecule has 3 nitrogen and oxygen atoms in total. The normalized spacial score (nSPS) is 14.1. The summed E-state index contributed by atoms with van der Waals surface area (Å²) in [5.41, 5.74) is 0. The fraction of sp³-hybridized carbons (Fsp3) is 0.182. The van der Waals surface area contributed by atoms with Crippen molar-refractivity contribution in [2.24, 2.45) is 0 Å². The minimum atomic E-state index is -0.128. The predicted octanol–water partition coefficient (Wildman–Crippen LogP) is 2.28. The number of hydrogen-bond acceptors (Lipinski definition) is 3. The molecule has 1 heterocycles. The van der Waals surface area contributed by atoms with E-state index in [-0.39, 0.29) is 11.5 Å². The van der Waals surface area contributed by atoms with E-state index in [0.29, 0.717) is 17.3 Å². The summed E-state index contributed by atoms with van der Waals surface area (Å²) in [4.78, 5) is 11.2. The Morgan fingerprint density at radius 1 is 1.14 bits per heavy atom. The molecular formula is C11H10O3. The van der Waals surface area contributed by atoms with Crippen LogP contribution in [0.15, 0.2) is 35.8 Å². The zero-order valence-corrected chi connectivity index (χ0v) is 8.03. The van der Waals surface area contributed by atoms with Crippen molar-refractivity contribution in [1.82, 2.24) is 0 Å². The third kappa shape index (κ3) is 1.37. The number of benzene rings is 1. The molecule has 0 aromatic heterocycles. The van der Waals surface area contributed by atoms with Crippen molar-refractivity contribution < 1.29 is 14.3 Å². The zero-order chi connectivity index (χ0) is 10.1. The molecule has 0 saturated carbocycles. The summed E-state index contributed by atoms with van der Waals surface area (Å²) >= 11 is 0. The van der Waals surface area contributed by atoms with Crippen LogP contribution in [0.3, 0.4) is 0 Å². The van der Waals surface area contributed by atoms with Crippen LogP contribution in [-0.4, -0.2) is 5.78 Å². The minimum absolute atomic E-state index is 0.128. The average Bonchev–Trinajstić information content (AvgIpc) is 2.16. The maximum Gasteiger partial charge on any atom is 0.208 e. The lowest BCUT2D eigenvalue weighted by atomic mass is 10.2. The van der Waals surface area contributed by atoms with Crippen LogP contribution in [0, 0.1) is 0 Å². The van der Waals surface area contributed by atoms with Gasteiger partial charge in [0.2, 0.25) is 5.76 Å². The number of hydrogen-bond donors (Lipinski definition) is 0. The summed E-state index contributed by atoms with van der Waals surface area (Å²) in [6, 6.07) is 7.26. The number of carbonyl (C=O) groups is 1. The molecule has 0 unspecified atom stereocenters. The van der Waals surface area contributed by atoms with E-state index in [0.717, 1.165) is 0 Å². The average molecular weight is 190 g/mol. The van der Waals surface area contributed by atoms with Crippen molar-refractivity contribution in [2.75, 3.05) is 0 Å². The maximum atomic E-state index is 11.2. The summed E-state index contributed by atoms with van der Waals surface area (Å²) in [7, 11) is 0. The third-order valence-corrected chi connectivity index (χ3v) is 1.96. The largest absolute Gasteiger partial charge is 0.454 e. The lowest BCUT2D eigenvalue weighted by Gasteiger charge is -2.19. The molecule has 0 bridgehead atoms. The summed E-state index contributed by atoms with van der Waals surface area (Å²) in [5.74, 6) is 1.90. The monoisotopic (exact) mass is 190 g/mol. The summed E-state index contributed by atoms with van der Waals surface area (Å²) in [6.07, 6.45) is 0. The topological polar surface area (TPSA) is 35.5 Å². The van der Waals surface area contributed by atoms with Gasteiger partial charge in [-0.15, -0.1) is 0 Å². The SMILES string of the molecule is CC(=O)C1=C(C)Oc2ccccc2O1. The molecule has 0 N–H and O–H groups in total. The first-order chi connectivity index (χ1) is 6.68. The van der Waals surface area contributed by atoms with Crippen molar-refractivity contribution in [1.29, 1.82) is 0 Å². The highest BCUT2D eigenvalue weighted by Gasteiger charge is 2.20. The first kappa shape index (κ1) is 8.81. The second-order valence-corrected chi connectivity index (χ2v) is 3.09. The summed E-state index contributed by atoms with van der Waals surface area (Å²) < 4.78 is 10.9. The van der Waals surface area contributed by atoms with Crippen molar-refractivity contribution in [3.8, 4) is 11.5 Å². The first-order valence-electron chi connectivity index (χ1n) is 4.35. The van der Waals surface area contributed by atoms with Gasteiger partial charge >= 0.3 is 0 Å². The second-order valence-electron chi connectivity index (χ2n) is 3.09. The van der Waals surface area contributed by atoms with E-state index in [1.54, 1.807) is 19.1 Å². The molecule has 1 aromatic carbocycles. The molecule has 1 aliphatic rings. The number of carbonyl (C=O) groups excluding carboxylic acids is 1.